The number of nitrogens with zero attached hydrogens (tertiary/aromatic N) is 2. The first-order chi connectivity index (χ1) is 16.5. The first kappa shape index (κ1) is 22.1. The number of nitrogens with one attached hydrogen (secondary N) is 1. The van der Waals surface area contributed by atoms with Gasteiger partial charge in [-0.25, -0.2) is 4.79 Å². The van der Waals surface area contributed by atoms with Gasteiger partial charge >= 0.3 is 5.69 Å². The Balaban J connectivity index is 1.64. The minimum absolute atomic E-state index is 0.160. The number of aromatic nitrogens is 2. The molecule has 34 heavy (non-hydrogen) atoms. The lowest BCUT2D eigenvalue weighted by atomic mass is 10.2. The van der Waals surface area contributed by atoms with Gasteiger partial charge in [0.25, 0.3) is 5.56 Å². The molecule has 0 spiro atoms. The number of benzene rings is 2. The Morgan fingerprint density at radius 2 is 1.88 bits per heavy atom. The van der Waals surface area contributed by atoms with Crippen molar-refractivity contribution < 1.29 is 9.53 Å². The van der Waals surface area contributed by atoms with Crippen molar-refractivity contribution in [2.75, 3.05) is 12.4 Å². The lowest BCUT2D eigenvalue weighted by Gasteiger charge is -2.14. The smallest absolute Gasteiger partial charge is 0.332 e. The third-order valence-corrected chi connectivity index (χ3v) is 7.58. The van der Waals surface area contributed by atoms with Crippen LogP contribution in [0.3, 0.4) is 0 Å². The standard InChI is InChI=1S/C25H21N3O4S2/c1-15-9-10-18(19(12-15)32-2)26-21(29)14-27-22-17-7-3-4-8-20(17)34-23(22)24(30)28(25(27)31)13-16-6-5-11-33-16/h3-12H,13-14H2,1-2H3,(H,26,29). The number of aryl methyl sites for hydroxylation is 1. The van der Waals surface area contributed by atoms with Gasteiger partial charge in [-0.2, -0.15) is 0 Å². The number of thiophene rings is 2. The van der Waals surface area contributed by atoms with Crippen LogP contribution in [0.15, 0.2) is 69.6 Å². The van der Waals surface area contributed by atoms with Gasteiger partial charge in [0.1, 0.15) is 17.0 Å². The van der Waals surface area contributed by atoms with Crippen molar-refractivity contribution in [2.24, 2.45) is 0 Å². The minimum Gasteiger partial charge on any atom is -0.495 e. The molecule has 0 atom stereocenters. The highest BCUT2D eigenvalue weighted by Crippen LogP contribution is 2.31. The van der Waals surface area contributed by atoms with E-state index in [4.69, 9.17) is 4.74 Å². The summed E-state index contributed by atoms with van der Waals surface area (Å²) in [6.07, 6.45) is 0. The molecule has 0 aliphatic rings. The van der Waals surface area contributed by atoms with Crippen molar-refractivity contribution in [3.8, 4) is 5.75 Å². The molecule has 0 aliphatic carbocycles. The zero-order valence-corrected chi connectivity index (χ0v) is 20.2. The average molecular weight is 492 g/mol. The third-order valence-electron chi connectivity index (χ3n) is 5.57. The Morgan fingerprint density at radius 1 is 1.06 bits per heavy atom. The summed E-state index contributed by atoms with van der Waals surface area (Å²) in [5.74, 6) is 0.150. The number of amides is 1. The maximum absolute atomic E-state index is 13.6. The Morgan fingerprint density at radius 3 is 2.65 bits per heavy atom. The fraction of sp³-hybridized carbons (Fsp3) is 0.160. The predicted molar refractivity (Wildman–Crippen MR) is 138 cm³/mol. The molecule has 2 aromatic carbocycles. The third kappa shape index (κ3) is 3.93. The summed E-state index contributed by atoms with van der Waals surface area (Å²) in [5, 5.41) is 5.52. The van der Waals surface area contributed by atoms with E-state index < -0.39 is 5.69 Å². The highest BCUT2D eigenvalue weighted by Gasteiger charge is 2.20. The molecule has 3 aromatic heterocycles. The topological polar surface area (TPSA) is 82.3 Å². The van der Waals surface area contributed by atoms with Gasteiger partial charge in [-0.15, -0.1) is 22.7 Å². The van der Waals surface area contributed by atoms with Crippen molar-refractivity contribution in [1.82, 2.24) is 9.13 Å². The summed E-state index contributed by atoms with van der Waals surface area (Å²) in [6, 6.07) is 16.8. The second kappa shape index (κ2) is 8.92. The van der Waals surface area contributed by atoms with Crippen LogP contribution in [0.25, 0.3) is 20.3 Å². The van der Waals surface area contributed by atoms with Crippen LogP contribution >= 0.6 is 22.7 Å². The van der Waals surface area contributed by atoms with Crippen molar-refractivity contribution in [3.63, 3.8) is 0 Å². The van der Waals surface area contributed by atoms with Gasteiger partial charge in [-0.1, -0.05) is 30.3 Å². The summed E-state index contributed by atoms with van der Waals surface area (Å²) in [5.41, 5.74) is 1.15. The van der Waals surface area contributed by atoms with Crippen LogP contribution in [-0.2, 0) is 17.9 Å². The molecular formula is C25H21N3O4S2. The highest BCUT2D eigenvalue weighted by molar-refractivity contribution is 7.25. The lowest BCUT2D eigenvalue weighted by molar-refractivity contribution is -0.116. The average Bonchev–Trinajstić information content (AvgIpc) is 3.48. The number of rotatable bonds is 6. The van der Waals surface area contributed by atoms with Gasteiger partial charge in [0.15, 0.2) is 0 Å². The molecule has 3 heterocycles. The summed E-state index contributed by atoms with van der Waals surface area (Å²) in [7, 11) is 1.54. The van der Waals surface area contributed by atoms with E-state index in [2.05, 4.69) is 5.32 Å². The molecule has 0 fully saturated rings. The molecule has 0 radical (unpaired) electrons. The molecule has 0 saturated carbocycles. The second-order valence-corrected chi connectivity index (χ2v) is 9.95. The first-order valence-corrected chi connectivity index (χ1v) is 12.3. The number of anilines is 1. The van der Waals surface area contributed by atoms with Crippen molar-refractivity contribution in [2.45, 2.75) is 20.0 Å². The molecular weight excluding hydrogens is 470 g/mol. The monoisotopic (exact) mass is 491 g/mol. The summed E-state index contributed by atoms with van der Waals surface area (Å²) in [6.45, 7) is 1.85. The summed E-state index contributed by atoms with van der Waals surface area (Å²) >= 11 is 2.81. The van der Waals surface area contributed by atoms with E-state index in [9.17, 15) is 14.4 Å². The molecule has 172 valence electrons. The van der Waals surface area contributed by atoms with Crippen molar-refractivity contribution >= 4 is 54.6 Å². The van der Waals surface area contributed by atoms with E-state index in [1.807, 2.05) is 60.8 Å². The van der Waals surface area contributed by atoms with E-state index in [0.717, 1.165) is 20.5 Å². The van der Waals surface area contributed by atoms with E-state index in [-0.39, 0.29) is 24.6 Å². The zero-order chi connectivity index (χ0) is 23.8. The number of methoxy groups -OCH3 is 1. The van der Waals surface area contributed by atoms with Crippen LogP contribution in [0.4, 0.5) is 5.69 Å². The van der Waals surface area contributed by atoms with Crippen LogP contribution in [0, 0.1) is 6.92 Å². The van der Waals surface area contributed by atoms with Gasteiger partial charge in [0, 0.05) is 15.0 Å². The molecule has 5 rings (SSSR count). The fourth-order valence-electron chi connectivity index (χ4n) is 3.98. The Kier molecular flexibility index (Phi) is 5.80. The minimum atomic E-state index is -0.513. The fourth-order valence-corrected chi connectivity index (χ4v) is 5.82. The molecule has 1 N–H and O–H groups in total. The largest absolute Gasteiger partial charge is 0.495 e. The number of carbonyl (C=O) groups excluding carboxylic acids is 1. The zero-order valence-electron chi connectivity index (χ0n) is 18.5. The molecule has 0 aliphatic heterocycles. The number of hydrogen-bond donors (Lipinski definition) is 1. The molecule has 0 unspecified atom stereocenters. The lowest BCUT2D eigenvalue weighted by Crippen LogP contribution is -2.41. The number of ether oxygens (including phenoxy) is 1. The van der Waals surface area contributed by atoms with E-state index >= 15 is 0 Å². The van der Waals surface area contributed by atoms with Crippen LogP contribution < -0.4 is 21.3 Å². The van der Waals surface area contributed by atoms with Crippen LogP contribution in [0.5, 0.6) is 5.75 Å². The normalized spacial score (nSPS) is 11.2. The predicted octanol–water partition coefficient (Wildman–Crippen LogP) is 4.44. The summed E-state index contributed by atoms with van der Waals surface area (Å²) < 4.78 is 9.34. The molecule has 9 heteroatoms. The van der Waals surface area contributed by atoms with E-state index in [1.54, 1.807) is 6.07 Å². The maximum atomic E-state index is 13.6. The van der Waals surface area contributed by atoms with E-state index in [0.29, 0.717) is 21.7 Å². The first-order valence-electron chi connectivity index (χ1n) is 10.6. The number of hydrogen-bond acceptors (Lipinski definition) is 6. The van der Waals surface area contributed by atoms with Gasteiger partial charge in [0.05, 0.1) is 24.9 Å². The van der Waals surface area contributed by atoms with Crippen LogP contribution in [-0.4, -0.2) is 22.2 Å². The van der Waals surface area contributed by atoms with E-state index in [1.165, 1.54) is 38.9 Å². The number of fused-ring (bicyclic) bond motifs is 3. The Bertz CT molecular complexity index is 1650. The van der Waals surface area contributed by atoms with Gasteiger partial charge in [-0.3, -0.25) is 18.7 Å². The quantitative estimate of drug-likeness (QED) is 0.381. The van der Waals surface area contributed by atoms with Gasteiger partial charge in [0.2, 0.25) is 5.91 Å². The maximum Gasteiger partial charge on any atom is 0.332 e. The molecule has 1 amide bonds. The Hall–Kier alpha value is -3.69. The molecule has 5 aromatic rings. The van der Waals surface area contributed by atoms with Crippen LogP contribution in [0.2, 0.25) is 0 Å². The Labute approximate surface area is 202 Å². The van der Waals surface area contributed by atoms with Crippen LogP contribution in [0.1, 0.15) is 10.4 Å². The highest BCUT2D eigenvalue weighted by atomic mass is 32.1. The number of carbonyl (C=O) groups is 1. The van der Waals surface area contributed by atoms with Gasteiger partial charge < -0.3 is 10.1 Å². The molecule has 0 saturated heterocycles. The molecule has 7 nitrogen and oxygen atoms in total. The SMILES string of the molecule is COc1cc(C)ccc1NC(=O)Cn1c(=O)n(Cc2cccs2)c(=O)c2sc3ccccc3c21. The second-order valence-electron chi connectivity index (χ2n) is 7.87. The summed E-state index contributed by atoms with van der Waals surface area (Å²) in [4.78, 5) is 40.9. The molecule has 0 bridgehead atoms. The van der Waals surface area contributed by atoms with Crippen molar-refractivity contribution in [1.29, 1.82) is 0 Å². The van der Waals surface area contributed by atoms with Gasteiger partial charge in [-0.05, 0) is 42.1 Å². The van der Waals surface area contributed by atoms with Crippen molar-refractivity contribution in [3.05, 3.63) is 91.3 Å².